The van der Waals surface area contributed by atoms with Gasteiger partial charge < -0.3 is 10.1 Å². The van der Waals surface area contributed by atoms with Crippen molar-refractivity contribution < 1.29 is 17.9 Å². The Morgan fingerprint density at radius 3 is 2.18 bits per heavy atom. The van der Waals surface area contributed by atoms with Crippen LogP contribution in [0.1, 0.15) is 67.3 Å². The molecular weight excluding hydrogens is 436 g/mol. The Labute approximate surface area is 198 Å². The van der Waals surface area contributed by atoms with E-state index in [1.54, 1.807) is 7.11 Å². The predicted molar refractivity (Wildman–Crippen MR) is 131 cm³/mol. The third kappa shape index (κ3) is 5.95. The van der Waals surface area contributed by atoms with Gasteiger partial charge in [-0.2, -0.15) is 4.31 Å². The van der Waals surface area contributed by atoms with E-state index in [1.165, 1.54) is 4.31 Å². The second-order valence-corrected chi connectivity index (χ2v) is 11.0. The van der Waals surface area contributed by atoms with Gasteiger partial charge in [-0.05, 0) is 69.4 Å². The summed E-state index contributed by atoms with van der Waals surface area (Å²) in [4.78, 5) is 13.4. The number of carbonyl (C=O) groups excluding carboxylic acids is 1. The zero-order chi connectivity index (χ0) is 24.2. The summed E-state index contributed by atoms with van der Waals surface area (Å²) in [7, 11) is -2.22. The molecule has 1 N–H and O–H groups in total. The highest BCUT2D eigenvalue weighted by atomic mass is 32.2. The predicted octanol–water partition coefficient (Wildman–Crippen LogP) is 4.82. The first kappa shape index (κ1) is 25.2. The minimum Gasteiger partial charge on any atom is -0.497 e. The standard InChI is InChI=1S/C26H36N2O4S/c1-18-15-19(2)26(20(3)16-18)33(30,31)28(23-9-7-6-8-10-23)17-25(29)27-21(4)22-11-13-24(32-5)14-12-22/h11-16,21,23H,6-10,17H2,1-5H3,(H,27,29)/t21-/m1/s1. The summed E-state index contributed by atoms with van der Waals surface area (Å²) in [6.07, 6.45) is 4.63. The van der Waals surface area contributed by atoms with E-state index in [1.807, 2.05) is 64.1 Å². The quantitative estimate of drug-likeness (QED) is 0.598. The Balaban J connectivity index is 1.85. The molecule has 0 unspecified atom stereocenters. The molecule has 0 aromatic heterocycles. The van der Waals surface area contributed by atoms with Gasteiger partial charge in [0, 0.05) is 6.04 Å². The number of nitrogens with zero attached hydrogens (tertiary/aromatic N) is 1. The van der Waals surface area contributed by atoms with Crippen LogP contribution < -0.4 is 10.1 Å². The molecule has 3 rings (SSSR count). The summed E-state index contributed by atoms with van der Waals surface area (Å²) < 4.78 is 34.4. The SMILES string of the molecule is COc1ccc([C@@H](C)NC(=O)CN(C2CCCCC2)S(=O)(=O)c2c(C)cc(C)cc2C)cc1. The molecule has 0 spiro atoms. The van der Waals surface area contributed by atoms with E-state index in [-0.39, 0.29) is 24.5 Å². The van der Waals surface area contributed by atoms with Gasteiger partial charge in [0.25, 0.3) is 0 Å². The molecule has 2 aromatic rings. The molecule has 0 radical (unpaired) electrons. The molecular formula is C26H36N2O4S. The molecule has 7 heteroatoms. The molecule has 1 fully saturated rings. The van der Waals surface area contributed by atoms with E-state index in [4.69, 9.17) is 4.74 Å². The molecule has 1 amide bonds. The Morgan fingerprint density at radius 1 is 1.06 bits per heavy atom. The second-order valence-electron chi connectivity index (χ2n) is 9.13. The van der Waals surface area contributed by atoms with Crippen molar-refractivity contribution in [3.8, 4) is 5.75 Å². The molecule has 0 saturated heterocycles. The van der Waals surface area contributed by atoms with Gasteiger partial charge >= 0.3 is 0 Å². The maximum Gasteiger partial charge on any atom is 0.244 e. The zero-order valence-corrected chi connectivity index (χ0v) is 21.2. The Kier molecular flexibility index (Phi) is 8.19. The summed E-state index contributed by atoms with van der Waals surface area (Å²) in [5, 5.41) is 2.98. The molecule has 0 aliphatic heterocycles. The van der Waals surface area contributed by atoms with Crippen molar-refractivity contribution in [1.29, 1.82) is 0 Å². The van der Waals surface area contributed by atoms with Crippen LogP contribution in [0.5, 0.6) is 5.75 Å². The molecule has 1 atom stereocenters. The summed E-state index contributed by atoms with van der Waals surface area (Å²) in [6.45, 7) is 7.34. The highest BCUT2D eigenvalue weighted by Gasteiger charge is 2.36. The number of hydrogen-bond acceptors (Lipinski definition) is 4. The fraction of sp³-hybridized carbons (Fsp3) is 0.500. The first-order chi connectivity index (χ1) is 15.6. The van der Waals surface area contributed by atoms with E-state index in [0.717, 1.165) is 60.1 Å². The van der Waals surface area contributed by atoms with Gasteiger partial charge in [0.2, 0.25) is 15.9 Å². The Bertz CT molecular complexity index is 1050. The number of ether oxygens (including phenoxy) is 1. The lowest BCUT2D eigenvalue weighted by atomic mass is 9.95. The minimum absolute atomic E-state index is 0.161. The smallest absolute Gasteiger partial charge is 0.244 e. The number of methoxy groups -OCH3 is 1. The number of amides is 1. The molecule has 1 aliphatic rings. The van der Waals surface area contributed by atoms with Gasteiger partial charge in [-0.15, -0.1) is 0 Å². The van der Waals surface area contributed by atoms with E-state index in [9.17, 15) is 13.2 Å². The molecule has 1 saturated carbocycles. The van der Waals surface area contributed by atoms with Crippen LogP contribution in [0.25, 0.3) is 0 Å². The average Bonchev–Trinajstić information content (AvgIpc) is 2.77. The number of hydrogen-bond donors (Lipinski definition) is 1. The van der Waals surface area contributed by atoms with Gasteiger partial charge in [0.1, 0.15) is 5.75 Å². The van der Waals surface area contributed by atoms with Crippen LogP contribution >= 0.6 is 0 Å². The maximum atomic E-state index is 13.9. The van der Waals surface area contributed by atoms with E-state index >= 15 is 0 Å². The van der Waals surface area contributed by atoms with Crippen LogP contribution in [0.15, 0.2) is 41.3 Å². The number of aryl methyl sites for hydroxylation is 3. The van der Waals surface area contributed by atoms with Gasteiger partial charge in [-0.3, -0.25) is 4.79 Å². The fourth-order valence-corrected chi connectivity index (χ4v) is 6.93. The number of nitrogens with one attached hydrogen (secondary N) is 1. The highest BCUT2D eigenvalue weighted by Crippen LogP contribution is 2.31. The first-order valence-corrected chi connectivity index (χ1v) is 13.1. The van der Waals surface area contributed by atoms with Crippen molar-refractivity contribution in [1.82, 2.24) is 9.62 Å². The number of benzene rings is 2. The van der Waals surface area contributed by atoms with Gasteiger partial charge in [-0.1, -0.05) is 49.1 Å². The van der Waals surface area contributed by atoms with Crippen molar-refractivity contribution in [2.24, 2.45) is 0 Å². The van der Waals surface area contributed by atoms with Crippen molar-refractivity contribution in [2.75, 3.05) is 13.7 Å². The van der Waals surface area contributed by atoms with Crippen LogP contribution in [-0.2, 0) is 14.8 Å². The van der Waals surface area contributed by atoms with Crippen LogP contribution in [0, 0.1) is 20.8 Å². The summed E-state index contributed by atoms with van der Waals surface area (Å²) in [5.74, 6) is 0.450. The topological polar surface area (TPSA) is 75.7 Å². The van der Waals surface area contributed by atoms with Crippen molar-refractivity contribution in [2.45, 2.75) is 76.8 Å². The fourth-order valence-electron chi connectivity index (χ4n) is 4.87. The third-order valence-electron chi connectivity index (χ3n) is 6.45. The van der Waals surface area contributed by atoms with Crippen LogP contribution in [0.2, 0.25) is 0 Å². The average molecular weight is 473 g/mol. The lowest BCUT2D eigenvalue weighted by Gasteiger charge is -2.34. The molecule has 0 bridgehead atoms. The monoisotopic (exact) mass is 472 g/mol. The molecule has 6 nitrogen and oxygen atoms in total. The summed E-state index contributed by atoms with van der Waals surface area (Å²) >= 11 is 0. The summed E-state index contributed by atoms with van der Waals surface area (Å²) in [6, 6.07) is 10.9. The molecule has 180 valence electrons. The molecule has 33 heavy (non-hydrogen) atoms. The number of sulfonamides is 1. The Morgan fingerprint density at radius 2 is 1.64 bits per heavy atom. The number of carbonyl (C=O) groups is 1. The van der Waals surface area contributed by atoms with Crippen LogP contribution in [-0.4, -0.2) is 38.3 Å². The maximum absolute atomic E-state index is 13.9. The van der Waals surface area contributed by atoms with Crippen molar-refractivity contribution >= 4 is 15.9 Å². The van der Waals surface area contributed by atoms with Crippen LogP contribution in [0.4, 0.5) is 0 Å². The zero-order valence-electron chi connectivity index (χ0n) is 20.3. The molecule has 2 aromatic carbocycles. The van der Waals surface area contributed by atoms with Gasteiger partial charge in [0.15, 0.2) is 0 Å². The van der Waals surface area contributed by atoms with Gasteiger partial charge in [-0.25, -0.2) is 8.42 Å². The third-order valence-corrected chi connectivity index (χ3v) is 8.65. The second kappa shape index (κ2) is 10.7. The minimum atomic E-state index is -3.83. The van der Waals surface area contributed by atoms with Crippen molar-refractivity contribution in [3.63, 3.8) is 0 Å². The van der Waals surface area contributed by atoms with E-state index in [0.29, 0.717) is 4.90 Å². The largest absolute Gasteiger partial charge is 0.497 e. The first-order valence-electron chi connectivity index (χ1n) is 11.7. The highest BCUT2D eigenvalue weighted by molar-refractivity contribution is 7.89. The van der Waals surface area contributed by atoms with Gasteiger partial charge in [0.05, 0.1) is 24.6 Å². The normalized spacial score (nSPS) is 15.9. The Hall–Kier alpha value is -2.38. The van der Waals surface area contributed by atoms with E-state index < -0.39 is 10.0 Å². The lowest BCUT2D eigenvalue weighted by Crippen LogP contribution is -2.47. The number of rotatable bonds is 8. The summed E-state index contributed by atoms with van der Waals surface area (Å²) in [5.41, 5.74) is 3.40. The van der Waals surface area contributed by atoms with E-state index in [2.05, 4.69) is 5.32 Å². The van der Waals surface area contributed by atoms with Crippen LogP contribution in [0.3, 0.4) is 0 Å². The lowest BCUT2D eigenvalue weighted by molar-refractivity contribution is -0.122. The van der Waals surface area contributed by atoms with Crippen molar-refractivity contribution in [3.05, 3.63) is 58.7 Å². The molecule has 0 heterocycles. The molecule has 1 aliphatic carbocycles.